The van der Waals surface area contributed by atoms with Crippen LogP contribution in [0.1, 0.15) is 151 Å². The Labute approximate surface area is 808 Å². The molecule has 0 fully saturated rings. The molecule has 0 amide bonds. The standard InChI is InChI=1S/C38H50S2.C36H22S2.C28H18S4.C19H12S2/c1-25(2)9-7-11-27(5)13-17-31-23-29-15-19-33-34-20-16-30-24-32(18-14-28(6)12-8-10-26(3)4)40-38(30)36(34)22-21-35(33)37(29)39-31;1-23-3-7-25(8-4-23)11-15-29-21-27-13-17-31-32-18-14-28-22-30(16-12-26-9-5-24(2)6-10-26)38-36(28)34(32)20-19-33(31)35(27)37-29;1-15-9-23(29-13-15)25-11-17-3-5-19-20-6-4-18-12-26(24-10-16(2)14-30-24)32-28(18)22(20)8-7-21(19)27(17)31-25;1-11-10-13-3-5-15-14-4-2-12-8-9-20-18(12)16(14)6-7-17(15)19(13)21-11/h15-16,19-28H,7-14,17-18H2,1-6H3;3-10,13-14,17-22H,1-2H3;3-14H,1-2H3;2-10H,1H3. The van der Waals surface area contributed by atoms with Crippen molar-refractivity contribution >= 4 is 280 Å². The highest BCUT2D eigenvalue weighted by atomic mass is 32.1. The van der Waals surface area contributed by atoms with Crippen LogP contribution >= 0.6 is 113 Å². The van der Waals surface area contributed by atoms with Crippen LogP contribution in [-0.2, 0) is 12.8 Å². The van der Waals surface area contributed by atoms with Crippen molar-refractivity contribution in [2.45, 2.75) is 140 Å². The number of rotatable bonds is 16. The van der Waals surface area contributed by atoms with Crippen molar-refractivity contribution in [3.8, 4) is 43.2 Å². The molecule has 24 rings (SSSR count). The average Bonchev–Trinajstić information content (AvgIpc) is 1.61. The van der Waals surface area contributed by atoms with Gasteiger partial charge >= 0.3 is 0 Å². The van der Waals surface area contributed by atoms with Crippen molar-refractivity contribution in [2.75, 3.05) is 0 Å². The third-order valence-electron chi connectivity index (χ3n) is 26.2. The lowest BCUT2D eigenvalue weighted by Gasteiger charge is -2.11. The van der Waals surface area contributed by atoms with Crippen molar-refractivity contribution in [1.82, 2.24) is 0 Å². The molecule has 14 aromatic carbocycles. The molecule has 10 heteroatoms. The van der Waals surface area contributed by atoms with E-state index in [1.165, 1.54) is 278 Å². The van der Waals surface area contributed by atoms with Gasteiger partial charge in [0.1, 0.15) is 0 Å². The van der Waals surface area contributed by atoms with Gasteiger partial charge in [-0.05, 0) is 282 Å². The Morgan fingerprint density at radius 2 is 0.542 bits per heavy atom. The topological polar surface area (TPSA) is 0 Å². The second-order valence-electron chi connectivity index (χ2n) is 37.2. The van der Waals surface area contributed by atoms with Crippen LogP contribution in [0.3, 0.4) is 0 Å². The molecule has 0 radical (unpaired) electrons. The SMILES string of the molecule is CC(C)CCCC(C)CCc1cc2ccc3c4ccc5cc(CCC(C)CCCC(C)C)sc5c4ccc3c2s1.Cc1cc2ccc3c4ccc5ccsc5c4ccc3c2s1.Cc1ccc(C#Cc2cc3ccc4c5ccc6cc(C#Cc7ccc(C)cc7)sc6c5ccc4c3s2)cc1.Cc1csc(-c2cc3ccc4c5ccc6cc(-c7cc(C)cs7)sc6c5ccc4c3s2)c1. The van der Waals surface area contributed by atoms with E-state index in [4.69, 9.17) is 0 Å². The summed E-state index contributed by atoms with van der Waals surface area (Å²) in [6.45, 7) is 25.0. The summed E-state index contributed by atoms with van der Waals surface area (Å²) in [4.78, 5) is 12.2. The molecular weight excluding hydrogens is 1770 g/mol. The van der Waals surface area contributed by atoms with Crippen LogP contribution in [0.4, 0.5) is 0 Å². The largest absolute Gasteiger partial charge is 0.143 e. The maximum atomic E-state index is 3.38. The number of fused-ring (bicyclic) bond motifs is 28. The van der Waals surface area contributed by atoms with Crippen LogP contribution in [-0.4, -0.2) is 0 Å². The van der Waals surface area contributed by atoms with Gasteiger partial charge in [0, 0.05) is 126 Å². The fourth-order valence-electron chi connectivity index (χ4n) is 19.1. The summed E-state index contributed by atoms with van der Waals surface area (Å²) in [5, 5.41) is 39.2. The summed E-state index contributed by atoms with van der Waals surface area (Å²) >= 11 is 18.9. The highest BCUT2D eigenvalue weighted by Crippen LogP contribution is 2.49. The Hall–Kier alpha value is -10.6. The average molecular weight is 1880 g/mol. The van der Waals surface area contributed by atoms with E-state index >= 15 is 0 Å². The van der Waals surface area contributed by atoms with Gasteiger partial charge in [0.2, 0.25) is 0 Å². The smallest absolute Gasteiger partial charge is 0.0785 e. The van der Waals surface area contributed by atoms with Crippen LogP contribution in [0.25, 0.3) is 186 Å². The van der Waals surface area contributed by atoms with Gasteiger partial charge in [-0.25, -0.2) is 0 Å². The molecule has 0 saturated heterocycles. The number of hydrogen-bond acceptors (Lipinski definition) is 10. The molecule has 131 heavy (non-hydrogen) atoms. The summed E-state index contributed by atoms with van der Waals surface area (Å²) < 4.78 is 11.1. The third kappa shape index (κ3) is 18.1. The lowest BCUT2D eigenvalue weighted by molar-refractivity contribution is 0.437. The Morgan fingerprint density at radius 3 is 0.901 bits per heavy atom. The zero-order valence-electron chi connectivity index (χ0n) is 75.9. The minimum atomic E-state index is 0.816. The maximum Gasteiger partial charge on any atom is 0.0785 e. The first kappa shape index (κ1) is 87.0. The number of benzene rings is 14. The molecule has 0 N–H and O–H groups in total. The Morgan fingerprint density at radius 1 is 0.229 bits per heavy atom. The van der Waals surface area contributed by atoms with Gasteiger partial charge in [-0.2, -0.15) is 0 Å². The fraction of sp³-hybridized carbons (Fsp3) is 0.207. The first-order valence-corrected chi connectivity index (χ1v) is 54.6. The molecule has 0 nitrogen and oxygen atoms in total. The van der Waals surface area contributed by atoms with Gasteiger partial charge in [-0.3, -0.25) is 0 Å². The molecule has 0 spiro atoms. The van der Waals surface area contributed by atoms with Crippen molar-refractivity contribution < 1.29 is 0 Å². The van der Waals surface area contributed by atoms with Crippen LogP contribution in [0.2, 0.25) is 0 Å². The summed E-state index contributed by atoms with van der Waals surface area (Å²) in [6, 6.07) is 95.4. The monoisotopic (exact) mass is 1870 g/mol. The van der Waals surface area contributed by atoms with Crippen molar-refractivity contribution in [2.24, 2.45) is 23.7 Å². The van der Waals surface area contributed by atoms with E-state index in [2.05, 4.69) is 371 Å². The van der Waals surface area contributed by atoms with E-state index < -0.39 is 0 Å². The number of hydrogen-bond donors (Lipinski definition) is 0. The van der Waals surface area contributed by atoms with Crippen molar-refractivity contribution in [3.05, 3.63) is 329 Å². The predicted molar refractivity (Wildman–Crippen MR) is 596 cm³/mol. The first-order chi connectivity index (χ1) is 63.8. The highest BCUT2D eigenvalue weighted by molar-refractivity contribution is 7.27. The minimum Gasteiger partial charge on any atom is -0.143 e. The van der Waals surface area contributed by atoms with E-state index in [9.17, 15) is 0 Å². The van der Waals surface area contributed by atoms with Crippen LogP contribution < -0.4 is 0 Å². The lowest BCUT2D eigenvalue weighted by Crippen LogP contribution is -1.98. The van der Waals surface area contributed by atoms with Crippen LogP contribution in [0.15, 0.2) is 271 Å². The maximum absolute atomic E-state index is 3.38. The molecule has 0 aliphatic heterocycles. The molecule has 24 aromatic rings. The summed E-state index contributed by atoms with van der Waals surface area (Å²) in [5.41, 5.74) is 7.29. The van der Waals surface area contributed by atoms with E-state index in [0.717, 1.165) is 44.6 Å². The molecule has 646 valence electrons. The molecular formula is C121H102S10. The fourth-order valence-corrected chi connectivity index (χ4v) is 29.9. The predicted octanol–water partition coefficient (Wildman–Crippen LogP) is 40.3. The normalized spacial score (nSPS) is 12.3. The molecule has 0 aliphatic rings. The zero-order chi connectivity index (χ0) is 89.2. The second-order valence-corrected chi connectivity index (χ2v) is 47.7. The van der Waals surface area contributed by atoms with E-state index in [1.807, 2.05) is 90.7 Å². The summed E-state index contributed by atoms with van der Waals surface area (Å²) in [7, 11) is 0. The van der Waals surface area contributed by atoms with E-state index in [0.29, 0.717) is 0 Å². The molecule has 0 aliphatic carbocycles. The highest BCUT2D eigenvalue weighted by Gasteiger charge is 2.20. The summed E-state index contributed by atoms with van der Waals surface area (Å²) in [6.07, 6.45) is 13.3. The minimum absolute atomic E-state index is 0.816. The molecule has 10 heterocycles. The Balaban J connectivity index is 0.000000108. The van der Waals surface area contributed by atoms with E-state index in [1.54, 1.807) is 32.4 Å². The quantitative estimate of drug-likeness (QED) is 0.0668. The van der Waals surface area contributed by atoms with Crippen LogP contribution in [0, 0.1) is 82.0 Å². The zero-order valence-corrected chi connectivity index (χ0v) is 84.1. The number of thiophene rings is 10. The Kier molecular flexibility index (Phi) is 24.9. The van der Waals surface area contributed by atoms with Gasteiger partial charge in [0.05, 0.1) is 9.75 Å². The molecule has 2 atom stereocenters. The lowest BCUT2D eigenvalue weighted by atomic mass is 9.95. The van der Waals surface area contributed by atoms with Crippen LogP contribution in [0.5, 0.6) is 0 Å². The summed E-state index contributed by atoms with van der Waals surface area (Å²) in [5.74, 6) is 16.7. The van der Waals surface area contributed by atoms with Crippen molar-refractivity contribution in [3.63, 3.8) is 0 Å². The first-order valence-electron chi connectivity index (χ1n) is 46.3. The molecule has 0 saturated carbocycles. The van der Waals surface area contributed by atoms with Gasteiger partial charge in [-0.15, -0.1) is 113 Å². The second kappa shape index (κ2) is 37.4. The molecule has 0 bridgehead atoms. The van der Waals surface area contributed by atoms with Gasteiger partial charge < -0.3 is 0 Å². The number of aryl methyl sites for hydroxylation is 7. The van der Waals surface area contributed by atoms with E-state index in [-0.39, 0.29) is 0 Å². The van der Waals surface area contributed by atoms with Gasteiger partial charge in [0.15, 0.2) is 0 Å². The van der Waals surface area contributed by atoms with Gasteiger partial charge in [-0.1, -0.05) is 285 Å². The van der Waals surface area contributed by atoms with Gasteiger partial charge in [0.25, 0.3) is 0 Å². The molecule has 2 unspecified atom stereocenters. The molecule has 10 aromatic heterocycles. The Bertz CT molecular complexity index is 8200. The van der Waals surface area contributed by atoms with Crippen molar-refractivity contribution in [1.29, 1.82) is 0 Å². The third-order valence-corrected chi connectivity index (χ3v) is 37.8.